The molecule has 2 N–H and O–H groups in total. The van der Waals surface area contributed by atoms with E-state index in [-0.39, 0.29) is 12.1 Å². The van der Waals surface area contributed by atoms with Crippen molar-refractivity contribution in [1.29, 1.82) is 0 Å². The first kappa shape index (κ1) is 15.8. The molecule has 0 unspecified atom stereocenters. The lowest BCUT2D eigenvalue weighted by Crippen LogP contribution is -2.38. The zero-order chi connectivity index (χ0) is 16.2. The Labute approximate surface area is 143 Å². The van der Waals surface area contributed by atoms with Gasteiger partial charge >= 0.3 is 0 Å². The predicted octanol–water partition coefficient (Wildman–Crippen LogP) is 3.91. The minimum Gasteiger partial charge on any atom is -0.493 e. The third kappa shape index (κ3) is 3.82. The van der Waals surface area contributed by atoms with E-state index in [1.165, 1.54) is 16.7 Å². The molecule has 0 saturated heterocycles. The van der Waals surface area contributed by atoms with E-state index in [2.05, 4.69) is 54.8 Å². The van der Waals surface area contributed by atoms with E-state index in [0.717, 1.165) is 18.8 Å². The highest BCUT2D eigenvalue weighted by Crippen LogP contribution is 2.28. The van der Waals surface area contributed by atoms with Crippen LogP contribution in [-0.4, -0.2) is 11.7 Å². The van der Waals surface area contributed by atoms with Gasteiger partial charge in [-0.1, -0.05) is 36.4 Å². The molecule has 1 heterocycles. The van der Waals surface area contributed by atoms with Crippen LogP contribution in [0.3, 0.4) is 0 Å². The molecule has 0 spiro atoms. The maximum absolute atomic E-state index is 5.56. The quantitative estimate of drug-likeness (QED) is 0.835. The van der Waals surface area contributed by atoms with Gasteiger partial charge in [-0.25, -0.2) is 0 Å². The van der Waals surface area contributed by atoms with Crippen LogP contribution in [0.5, 0.6) is 5.75 Å². The number of hydrogen-bond donors (Lipinski definition) is 2. The molecule has 0 radical (unpaired) electrons. The molecular weight excluding hydrogens is 304 g/mol. The molecule has 23 heavy (non-hydrogen) atoms. The minimum atomic E-state index is 0.156. The first-order valence-electron chi connectivity index (χ1n) is 8.01. The molecule has 3 rings (SSSR count). The summed E-state index contributed by atoms with van der Waals surface area (Å²) < 4.78 is 5.56. The first-order valence-corrected chi connectivity index (χ1v) is 8.42. The third-order valence-electron chi connectivity index (χ3n) is 4.21. The lowest BCUT2D eigenvalue weighted by atomic mass is 10.0. The van der Waals surface area contributed by atoms with Crippen molar-refractivity contribution in [2.24, 2.45) is 0 Å². The van der Waals surface area contributed by atoms with Crippen molar-refractivity contribution in [2.75, 3.05) is 6.61 Å². The van der Waals surface area contributed by atoms with Crippen molar-refractivity contribution in [3.05, 3.63) is 65.2 Å². The summed E-state index contributed by atoms with van der Waals surface area (Å²) >= 11 is 5.46. The smallest absolute Gasteiger partial charge is 0.167 e. The molecule has 0 aromatic heterocycles. The van der Waals surface area contributed by atoms with Crippen molar-refractivity contribution < 1.29 is 4.74 Å². The fourth-order valence-electron chi connectivity index (χ4n) is 2.82. The normalized spacial score (nSPS) is 15.2. The number of benzene rings is 2. The van der Waals surface area contributed by atoms with Crippen LogP contribution in [0.4, 0.5) is 0 Å². The number of ether oxygens (including phenoxy) is 1. The summed E-state index contributed by atoms with van der Waals surface area (Å²) in [6.07, 6.45) is 0.990. The van der Waals surface area contributed by atoms with E-state index in [1.54, 1.807) is 0 Å². The van der Waals surface area contributed by atoms with Gasteiger partial charge in [0.1, 0.15) is 5.75 Å². The van der Waals surface area contributed by atoms with Crippen LogP contribution in [0, 0.1) is 0 Å². The summed E-state index contributed by atoms with van der Waals surface area (Å²) in [7, 11) is 0. The molecule has 0 amide bonds. The number of rotatable bonds is 4. The average Bonchev–Trinajstić information content (AvgIpc) is 3.03. The Balaban J connectivity index is 1.59. The largest absolute Gasteiger partial charge is 0.493 e. The van der Waals surface area contributed by atoms with Crippen molar-refractivity contribution in [1.82, 2.24) is 10.6 Å². The van der Waals surface area contributed by atoms with Crippen molar-refractivity contribution in [3.8, 4) is 5.75 Å². The maximum atomic E-state index is 5.56. The Bertz CT molecular complexity index is 687. The minimum absolute atomic E-state index is 0.156. The molecule has 0 saturated carbocycles. The molecule has 0 fully saturated rings. The highest BCUT2D eigenvalue weighted by molar-refractivity contribution is 7.80. The molecule has 0 bridgehead atoms. The summed E-state index contributed by atoms with van der Waals surface area (Å²) in [6, 6.07) is 17.0. The highest BCUT2D eigenvalue weighted by atomic mass is 32.1. The fourth-order valence-corrected chi connectivity index (χ4v) is 3.17. The van der Waals surface area contributed by atoms with E-state index in [1.807, 2.05) is 18.2 Å². The summed E-state index contributed by atoms with van der Waals surface area (Å²) in [5.41, 5.74) is 3.73. The standard InChI is InChI=1S/C19H22N2OS/c1-13(15-6-4-3-5-7-15)20-19(23)21-14(2)16-8-9-18-17(12-16)10-11-22-18/h3-9,12-14H,10-11H2,1-2H3,(H2,20,21,23)/t13-,14+/m0/s1. The topological polar surface area (TPSA) is 33.3 Å². The van der Waals surface area contributed by atoms with Crippen LogP contribution in [0.15, 0.2) is 48.5 Å². The molecule has 2 aromatic carbocycles. The van der Waals surface area contributed by atoms with Gasteiger partial charge in [0.05, 0.1) is 18.7 Å². The van der Waals surface area contributed by atoms with Gasteiger partial charge in [0.25, 0.3) is 0 Å². The molecule has 4 heteroatoms. The molecule has 0 aliphatic carbocycles. The van der Waals surface area contributed by atoms with Crippen LogP contribution in [0.1, 0.15) is 42.6 Å². The SMILES string of the molecule is C[C@H](NC(=S)N[C@H](C)c1ccc2c(c1)CCO2)c1ccccc1. The van der Waals surface area contributed by atoms with Gasteiger partial charge in [0, 0.05) is 6.42 Å². The van der Waals surface area contributed by atoms with E-state index >= 15 is 0 Å². The van der Waals surface area contributed by atoms with E-state index in [9.17, 15) is 0 Å². The van der Waals surface area contributed by atoms with Gasteiger partial charge in [0.15, 0.2) is 5.11 Å². The van der Waals surface area contributed by atoms with Crippen LogP contribution in [-0.2, 0) is 6.42 Å². The van der Waals surface area contributed by atoms with E-state index < -0.39 is 0 Å². The lowest BCUT2D eigenvalue weighted by molar-refractivity contribution is 0.357. The van der Waals surface area contributed by atoms with E-state index in [0.29, 0.717) is 5.11 Å². The van der Waals surface area contributed by atoms with Gasteiger partial charge in [-0.05, 0) is 54.9 Å². The Morgan fingerprint density at radius 2 is 1.70 bits per heavy atom. The Kier molecular flexibility index (Phi) is 4.82. The second kappa shape index (κ2) is 7.01. The molecular formula is C19H22N2OS. The second-order valence-electron chi connectivity index (χ2n) is 5.94. The molecule has 120 valence electrons. The highest BCUT2D eigenvalue weighted by Gasteiger charge is 2.15. The van der Waals surface area contributed by atoms with Gasteiger partial charge < -0.3 is 15.4 Å². The third-order valence-corrected chi connectivity index (χ3v) is 4.44. The van der Waals surface area contributed by atoms with Crippen LogP contribution >= 0.6 is 12.2 Å². The Morgan fingerprint density at radius 3 is 2.43 bits per heavy atom. The van der Waals surface area contributed by atoms with Gasteiger partial charge in [-0.15, -0.1) is 0 Å². The molecule has 1 aliphatic heterocycles. The Hall–Kier alpha value is -2.07. The first-order chi connectivity index (χ1) is 11.1. The summed E-state index contributed by atoms with van der Waals surface area (Å²) in [6.45, 7) is 5.02. The van der Waals surface area contributed by atoms with E-state index in [4.69, 9.17) is 17.0 Å². The van der Waals surface area contributed by atoms with Crippen molar-refractivity contribution >= 4 is 17.3 Å². The maximum Gasteiger partial charge on any atom is 0.167 e. The summed E-state index contributed by atoms with van der Waals surface area (Å²) in [5, 5.41) is 7.38. The fraction of sp³-hybridized carbons (Fsp3) is 0.316. The van der Waals surface area contributed by atoms with Crippen molar-refractivity contribution in [2.45, 2.75) is 32.4 Å². The number of hydrogen-bond acceptors (Lipinski definition) is 2. The number of thiocarbonyl (C=S) groups is 1. The van der Waals surface area contributed by atoms with Gasteiger partial charge in [0.2, 0.25) is 0 Å². The zero-order valence-electron chi connectivity index (χ0n) is 13.5. The van der Waals surface area contributed by atoms with Crippen molar-refractivity contribution in [3.63, 3.8) is 0 Å². The van der Waals surface area contributed by atoms with Crippen LogP contribution in [0.2, 0.25) is 0 Å². The predicted molar refractivity (Wildman–Crippen MR) is 97.8 cm³/mol. The average molecular weight is 326 g/mol. The molecule has 2 aromatic rings. The second-order valence-corrected chi connectivity index (χ2v) is 6.35. The number of fused-ring (bicyclic) bond motifs is 1. The zero-order valence-corrected chi connectivity index (χ0v) is 14.3. The summed E-state index contributed by atoms with van der Waals surface area (Å²) in [4.78, 5) is 0. The monoisotopic (exact) mass is 326 g/mol. The molecule has 1 aliphatic rings. The lowest BCUT2D eigenvalue weighted by Gasteiger charge is -2.21. The summed E-state index contributed by atoms with van der Waals surface area (Å²) in [5.74, 6) is 1.01. The molecule has 3 nitrogen and oxygen atoms in total. The van der Waals surface area contributed by atoms with Gasteiger partial charge in [-0.2, -0.15) is 0 Å². The van der Waals surface area contributed by atoms with Gasteiger partial charge in [-0.3, -0.25) is 0 Å². The van der Waals surface area contributed by atoms with Crippen LogP contribution < -0.4 is 15.4 Å². The Morgan fingerprint density at radius 1 is 1.00 bits per heavy atom. The molecule has 2 atom stereocenters. The number of nitrogens with one attached hydrogen (secondary N) is 2. The van der Waals surface area contributed by atoms with Crippen LogP contribution in [0.25, 0.3) is 0 Å².